The maximum atomic E-state index is 13.6. The lowest BCUT2D eigenvalue weighted by Gasteiger charge is -2.44. The lowest BCUT2D eigenvalue weighted by atomic mass is 9.84. The fraction of sp³-hybridized carbons (Fsp3) is 0.588. The average Bonchev–Trinajstić information content (AvgIpc) is 2.54. The van der Waals surface area contributed by atoms with Crippen molar-refractivity contribution in [3.05, 3.63) is 35.4 Å². The summed E-state index contributed by atoms with van der Waals surface area (Å²) in [6.45, 7) is 2.53. The molecular formula is C17H21F2NO2. The Labute approximate surface area is 129 Å². The number of esters is 1. The van der Waals surface area contributed by atoms with E-state index in [1.54, 1.807) is 0 Å². The summed E-state index contributed by atoms with van der Waals surface area (Å²) in [4.78, 5) is 14.5. The van der Waals surface area contributed by atoms with E-state index in [-0.39, 0.29) is 12.2 Å². The number of hydrogen-bond donors (Lipinski definition) is 0. The Bertz CT molecular complexity index is 547. The van der Waals surface area contributed by atoms with Gasteiger partial charge in [-0.2, -0.15) is 0 Å². The smallest absolute Gasteiger partial charge is 0.341 e. The van der Waals surface area contributed by atoms with Gasteiger partial charge in [-0.15, -0.1) is 0 Å². The second-order valence-electron chi connectivity index (χ2n) is 6.22. The van der Waals surface area contributed by atoms with Crippen LogP contribution in [-0.2, 0) is 4.74 Å². The van der Waals surface area contributed by atoms with Gasteiger partial charge in [-0.3, -0.25) is 4.90 Å². The van der Waals surface area contributed by atoms with Crippen LogP contribution in [0, 0.1) is 17.6 Å². The second-order valence-corrected chi connectivity index (χ2v) is 6.22. The van der Waals surface area contributed by atoms with Crippen molar-refractivity contribution in [1.82, 2.24) is 4.90 Å². The standard InChI is InChI=1S/C17H21F2NO2/c18-13-6-7-15(19)14(10-13)17(21)22-11-12-4-3-9-20-8-2-1-5-16(12)20/h6-7,10,12,16H,1-5,8-9,11H2/t12-,16-/m1/s1. The molecule has 2 aliphatic rings. The Kier molecular flexibility index (Phi) is 4.71. The van der Waals surface area contributed by atoms with E-state index in [2.05, 4.69) is 4.90 Å². The number of carbonyl (C=O) groups is 1. The normalized spacial score (nSPS) is 25.5. The van der Waals surface area contributed by atoms with Crippen molar-refractivity contribution in [2.75, 3.05) is 19.7 Å². The molecule has 0 aromatic heterocycles. The van der Waals surface area contributed by atoms with E-state index in [4.69, 9.17) is 4.74 Å². The Morgan fingerprint density at radius 3 is 2.86 bits per heavy atom. The number of halogens is 2. The Morgan fingerprint density at radius 1 is 1.18 bits per heavy atom. The number of benzene rings is 1. The molecule has 3 nitrogen and oxygen atoms in total. The molecule has 0 amide bonds. The molecule has 1 aromatic rings. The largest absolute Gasteiger partial charge is 0.462 e. The molecule has 0 radical (unpaired) electrons. The van der Waals surface area contributed by atoms with Crippen LogP contribution in [0.15, 0.2) is 18.2 Å². The predicted molar refractivity (Wildman–Crippen MR) is 78.6 cm³/mol. The lowest BCUT2D eigenvalue weighted by molar-refractivity contribution is 0.00709. The Morgan fingerprint density at radius 2 is 2.00 bits per heavy atom. The van der Waals surface area contributed by atoms with E-state index in [0.717, 1.165) is 50.6 Å². The van der Waals surface area contributed by atoms with Crippen LogP contribution in [0.2, 0.25) is 0 Å². The first-order valence-electron chi connectivity index (χ1n) is 8.01. The summed E-state index contributed by atoms with van der Waals surface area (Å²) in [5.41, 5.74) is -0.323. The van der Waals surface area contributed by atoms with Crippen LogP contribution in [0.25, 0.3) is 0 Å². The number of nitrogens with zero attached hydrogens (tertiary/aromatic N) is 1. The first-order chi connectivity index (χ1) is 10.6. The molecule has 2 fully saturated rings. The lowest BCUT2D eigenvalue weighted by Crippen LogP contribution is -2.49. The highest BCUT2D eigenvalue weighted by Crippen LogP contribution is 2.31. The van der Waals surface area contributed by atoms with E-state index < -0.39 is 17.6 Å². The number of fused-ring (bicyclic) bond motifs is 1. The van der Waals surface area contributed by atoms with Crippen molar-refractivity contribution in [3.63, 3.8) is 0 Å². The van der Waals surface area contributed by atoms with Gasteiger partial charge >= 0.3 is 5.97 Å². The summed E-state index contributed by atoms with van der Waals surface area (Å²) >= 11 is 0. The van der Waals surface area contributed by atoms with Gasteiger partial charge in [-0.1, -0.05) is 6.42 Å². The molecule has 0 N–H and O–H groups in total. The fourth-order valence-corrected chi connectivity index (χ4v) is 3.69. The molecule has 120 valence electrons. The molecule has 0 saturated carbocycles. The van der Waals surface area contributed by atoms with Crippen LogP contribution in [-0.4, -0.2) is 36.6 Å². The first-order valence-corrected chi connectivity index (χ1v) is 8.01. The molecule has 5 heteroatoms. The van der Waals surface area contributed by atoms with E-state index in [1.165, 1.54) is 12.8 Å². The number of ether oxygens (including phenoxy) is 1. The van der Waals surface area contributed by atoms with Crippen molar-refractivity contribution < 1.29 is 18.3 Å². The Balaban J connectivity index is 1.61. The summed E-state index contributed by atoms with van der Waals surface area (Å²) in [7, 11) is 0. The van der Waals surface area contributed by atoms with Crippen LogP contribution in [0.4, 0.5) is 8.78 Å². The third-order valence-electron chi connectivity index (χ3n) is 4.81. The van der Waals surface area contributed by atoms with Crippen LogP contribution >= 0.6 is 0 Å². The highest BCUT2D eigenvalue weighted by Gasteiger charge is 2.33. The van der Waals surface area contributed by atoms with Crippen molar-refractivity contribution in [3.8, 4) is 0 Å². The molecule has 0 aliphatic carbocycles. The zero-order valence-corrected chi connectivity index (χ0v) is 12.6. The third kappa shape index (κ3) is 3.29. The number of hydrogen-bond acceptors (Lipinski definition) is 3. The van der Waals surface area contributed by atoms with Gasteiger partial charge < -0.3 is 4.74 Å². The topological polar surface area (TPSA) is 29.5 Å². The van der Waals surface area contributed by atoms with Crippen molar-refractivity contribution in [2.24, 2.45) is 5.92 Å². The van der Waals surface area contributed by atoms with Gasteiger partial charge in [0.2, 0.25) is 0 Å². The molecule has 3 rings (SSSR count). The van der Waals surface area contributed by atoms with Crippen molar-refractivity contribution in [2.45, 2.75) is 38.1 Å². The van der Waals surface area contributed by atoms with E-state index in [0.29, 0.717) is 12.0 Å². The molecule has 22 heavy (non-hydrogen) atoms. The monoisotopic (exact) mass is 309 g/mol. The second kappa shape index (κ2) is 6.73. The summed E-state index contributed by atoms with van der Waals surface area (Å²) in [6.07, 6.45) is 5.71. The first kappa shape index (κ1) is 15.4. The SMILES string of the molecule is O=C(OC[C@H]1CCCN2CCCC[C@H]12)c1cc(F)ccc1F. The number of piperidine rings is 2. The maximum absolute atomic E-state index is 13.6. The molecule has 2 atom stereocenters. The minimum Gasteiger partial charge on any atom is -0.462 e. The van der Waals surface area contributed by atoms with Gasteiger partial charge in [0.1, 0.15) is 11.6 Å². The van der Waals surface area contributed by atoms with Gasteiger partial charge in [0, 0.05) is 12.0 Å². The zero-order valence-electron chi connectivity index (χ0n) is 12.6. The van der Waals surface area contributed by atoms with Crippen LogP contribution in [0.3, 0.4) is 0 Å². The van der Waals surface area contributed by atoms with E-state index >= 15 is 0 Å². The number of rotatable bonds is 3. The molecular weight excluding hydrogens is 288 g/mol. The van der Waals surface area contributed by atoms with Crippen LogP contribution in [0.5, 0.6) is 0 Å². The molecule has 0 unspecified atom stereocenters. The van der Waals surface area contributed by atoms with E-state index in [1.807, 2.05) is 0 Å². The number of carbonyl (C=O) groups excluding carboxylic acids is 1. The van der Waals surface area contributed by atoms with E-state index in [9.17, 15) is 13.6 Å². The molecule has 0 bridgehead atoms. The quantitative estimate of drug-likeness (QED) is 0.802. The van der Waals surface area contributed by atoms with Crippen molar-refractivity contribution in [1.29, 1.82) is 0 Å². The van der Waals surface area contributed by atoms with Gasteiger partial charge in [0.05, 0.1) is 12.2 Å². The Hall–Kier alpha value is -1.49. The van der Waals surface area contributed by atoms with Gasteiger partial charge in [0.25, 0.3) is 0 Å². The van der Waals surface area contributed by atoms with Crippen molar-refractivity contribution >= 4 is 5.97 Å². The summed E-state index contributed by atoms with van der Waals surface area (Å²) in [6, 6.07) is 3.31. The zero-order chi connectivity index (χ0) is 15.5. The molecule has 2 heterocycles. The minimum absolute atomic E-state index is 0.288. The molecule has 0 spiro atoms. The summed E-state index contributed by atoms with van der Waals surface area (Å²) < 4.78 is 32.0. The maximum Gasteiger partial charge on any atom is 0.341 e. The predicted octanol–water partition coefficient (Wildman–Crippen LogP) is 3.39. The summed E-state index contributed by atoms with van der Waals surface area (Å²) in [5, 5.41) is 0. The highest BCUT2D eigenvalue weighted by molar-refractivity contribution is 5.89. The van der Waals surface area contributed by atoms with Gasteiger partial charge in [-0.05, 0) is 57.0 Å². The van der Waals surface area contributed by atoms with Crippen LogP contribution < -0.4 is 0 Å². The van der Waals surface area contributed by atoms with Gasteiger partial charge in [-0.25, -0.2) is 13.6 Å². The minimum atomic E-state index is -0.773. The third-order valence-corrected chi connectivity index (χ3v) is 4.81. The highest BCUT2D eigenvalue weighted by atomic mass is 19.1. The average molecular weight is 309 g/mol. The summed E-state index contributed by atoms with van der Waals surface area (Å²) in [5.74, 6) is -1.85. The molecule has 1 aromatic carbocycles. The van der Waals surface area contributed by atoms with Gasteiger partial charge in [0.15, 0.2) is 0 Å². The molecule has 2 aliphatic heterocycles. The fourth-order valence-electron chi connectivity index (χ4n) is 3.69. The molecule has 2 saturated heterocycles. The van der Waals surface area contributed by atoms with Crippen LogP contribution in [0.1, 0.15) is 42.5 Å².